The summed E-state index contributed by atoms with van der Waals surface area (Å²) in [7, 11) is 0. The van der Waals surface area contributed by atoms with Crippen LogP contribution in [0.1, 0.15) is 132 Å². The number of ketones is 1. The number of hydrogen-bond donors (Lipinski definition) is 0. The van der Waals surface area contributed by atoms with E-state index in [1.165, 1.54) is 70.6 Å². The van der Waals surface area contributed by atoms with E-state index in [9.17, 15) is 9.59 Å². The van der Waals surface area contributed by atoms with E-state index >= 15 is 0 Å². The molecule has 162 valence electrons. The lowest BCUT2D eigenvalue weighted by Gasteiger charge is -2.24. The molecule has 29 heavy (non-hydrogen) atoms. The Bertz CT molecular complexity index is 608. The molecular weight excluding hydrogens is 360 g/mol. The number of Topliss-reactive ketones (excluding diaryl/α,β-unsaturated/α-hetero) is 1. The first-order chi connectivity index (χ1) is 14.2. The van der Waals surface area contributed by atoms with Gasteiger partial charge in [0, 0.05) is 24.0 Å². The summed E-state index contributed by atoms with van der Waals surface area (Å²) >= 11 is 0. The monoisotopic (exact) mass is 400 g/mol. The van der Waals surface area contributed by atoms with Crippen LogP contribution in [-0.2, 0) is 9.53 Å². The number of rotatable bonds is 15. The van der Waals surface area contributed by atoms with Gasteiger partial charge < -0.3 is 4.74 Å². The lowest BCUT2D eigenvalue weighted by molar-refractivity contribution is -0.150. The number of unbranched alkanes of at least 4 members (excludes halogenated alkanes) is 12. The van der Waals surface area contributed by atoms with Crippen LogP contribution in [0.2, 0.25) is 0 Å². The van der Waals surface area contributed by atoms with Crippen molar-refractivity contribution in [3.8, 4) is 0 Å². The van der Waals surface area contributed by atoms with Gasteiger partial charge in [-0.2, -0.15) is 0 Å². The van der Waals surface area contributed by atoms with Crippen molar-refractivity contribution in [3.05, 3.63) is 35.4 Å². The first-order valence-corrected chi connectivity index (χ1v) is 12.0. The average molecular weight is 401 g/mol. The quantitative estimate of drug-likeness (QED) is 0.223. The van der Waals surface area contributed by atoms with Crippen molar-refractivity contribution < 1.29 is 14.3 Å². The lowest BCUT2D eigenvalue weighted by atomic mass is 9.88. The molecule has 2 rings (SSSR count). The van der Waals surface area contributed by atoms with Gasteiger partial charge in [-0.05, 0) is 12.8 Å². The van der Waals surface area contributed by atoms with Gasteiger partial charge in [-0.15, -0.1) is 0 Å². The summed E-state index contributed by atoms with van der Waals surface area (Å²) in [5.74, 6) is 0.0339. The average Bonchev–Trinajstić information content (AvgIpc) is 2.74. The molecule has 0 unspecified atom stereocenters. The summed E-state index contributed by atoms with van der Waals surface area (Å²) in [6, 6.07) is 7.53. The first-order valence-electron chi connectivity index (χ1n) is 12.0. The molecule has 3 nitrogen and oxygen atoms in total. The van der Waals surface area contributed by atoms with Crippen LogP contribution in [0.5, 0.6) is 0 Å². The zero-order valence-electron chi connectivity index (χ0n) is 18.4. The van der Waals surface area contributed by atoms with Crippen LogP contribution in [0, 0.1) is 0 Å². The molecule has 1 aromatic carbocycles. The number of benzene rings is 1. The predicted octanol–water partition coefficient (Wildman–Crippen LogP) is 7.73. The number of hydrogen-bond acceptors (Lipinski definition) is 3. The number of esters is 1. The standard InChI is InChI=1S/C26H40O3/c1-2-3-4-5-6-7-8-9-10-11-12-13-14-19-26(28)29-25-21-20-24(27)22-17-15-16-18-23(22)25/h15-18,25H,2-14,19-21H2,1H3/t25-/m0/s1. The Labute approximate surface area is 177 Å². The first kappa shape index (κ1) is 23.6. The van der Waals surface area contributed by atoms with Crippen LogP contribution in [0.15, 0.2) is 24.3 Å². The zero-order valence-corrected chi connectivity index (χ0v) is 18.4. The third-order valence-electron chi connectivity index (χ3n) is 6.00. The second-order valence-electron chi connectivity index (χ2n) is 8.52. The number of ether oxygens (including phenoxy) is 1. The number of carbonyl (C=O) groups excluding carboxylic acids is 2. The minimum absolute atomic E-state index is 0.123. The topological polar surface area (TPSA) is 43.4 Å². The molecule has 0 saturated heterocycles. The van der Waals surface area contributed by atoms with Gasteiger partial charge in [0.15, 0.2) is 5.78 Å². The fourth-order valence-electron chi connectivity index (χ4n) is 4.21. The molecule has 0 spiro atoms. The zero-order chi connectivity index (χ0) is 20.7. The van der Waals surface area contributed by atoms with Crippen molar-refractivity contribution in [2.45, 2.75) is 116 Å². The summed E-state index contributed by atoms with van der Waals surface area (Å²) in [5, 5.41) is 0. The molecule has 1 atom stereocenters. The summed E-state index contributed by atoms with van der Waals surface area (Å²) in [5.41, 5.74) is 1.60. The van der Waals surface area contributed by atoms with Crippen molar-refractivity contribution in [1.82, 2.24) is 0 Å². The maximum atomic E-state index is 12.2. The summed E-state index contributed by atoms with van der Waals surface area (Å²) in [6.45, 7) is 2.27. The molecule has 1 aliphatic carbocycles. The SMILES string of the molecule is CCCCCCCCCCCCCCCC(=O)O[C@H]1CCC(=O)c2ccccc21. The minimum Gasteiger partial charge on any atom is -0.457 e. The molecule has 0 aliphatic heterocycles. The Hall–Kier alpha value is -1.64. The largest absolute Gasteiger partial charge is 0.457 e. The normalized spacial score (nSPS) is 15.9. The van der Waals surface area contributed by atoms with Gasteiger partial charge in [-0.3, -0.25) is 9.59 Å². The van der Waals surface area contributed by atoms with E-state index in [1.807, 2.05) is 24.3 Å². The Morgan fingerprint density at radius 3 is 2.03 bits per heavy atom. The fraction of sp³-hybridized carbons (Fsp3) is 0.692. The maximum absolute atomic E-state index is 12.2. The highest BCUT2D eigenvalue weighted by atomic mass is 16.5. The molecule has 0 heterocycles. The molecular formula is C26H40O3. The molecule has 0 bridgehead atoms. The molecule has 0 fully saturated rings. The van der Waals surface area contributed by atoms with Crippen molar-refractivity contribution in [3.63, 3.8) is 0 Å². The summed E-state index contributed by atoms with van der Waals surface area (Å²) in [4.78, 5) is 24.2. The van der Waals surface area contributed by atoms with E-state index in [0.717, 1.165) is 24.0 Å². The van der Waals surface area contributed by atoms with E-state index < -0.39 is 0 Å². The molecule has 1 aromatic rings. The Morgan fingerprint density at radius 2 is 1.41 bits per heavy atom. The molecule has 0 saturated carbocycles. The fourth-order valence-corrected chi connectivity index (χ4v) is 4.21. The summed E-state index contributed by atoms with van der Waals surface area (Å²) < 4.78 is 5.68. The van der Waals surface area contributed by atoms with E-state index in [2.05, 4.69) is 6.92 Å². The molecule has 0 amide bonds. The van der Waals surface area contributed by atoms with Gasteiger partial charge in [-0.1, -0.05) is 108 Å². The van der Waals surface area contributed by atoms with Crippen LogP contribution < -0.4 is 0 Å². The Kier molecular flexibility index (Phi) is 11.7. The Balaban J connectivity index is 1.47. The van der Waals surface area contributed by atoms with E-state index in [4.69, 9.17) is 4.74 Å². The highest BCUT2D eigenvalue weighted by Crippen LogP contribution is 2.32. The molecule has 0 N–H and O–H groups in total. The van der Waals surface area contributed by atoms with Gasteiger partial charge in [0.25, 0.3) is 0 Å². The number of carbonyl (C=O) groups is 2. The van der Waals surface area contributed by atoms with E-state index in [-0.39, 0.29) is 17.9 Å². The third kappa shape index (κ3) is 9.14. The second-order valence-corrected chi connectivity index (χ2v) is 8.52. The van der Waals surface area contributed by atoms with Crippen molar-refractivity contribution >= 4 is 11.8 Å². The number of fused-ring (bicyclic) bond motifs is 1. The lowest BCUT2D eigenvalue weighted by Crippen LogP contribution is -2.20. The van der Waals surface area contributed by atoms with Crippen LogP contribution in [-0.4, -0.2) is 11.8 Å². The van der Waals surface area contributed by atoms with Crippen molar-refractivity contribution in [2.75, 3.05) is 0 Å². The van der Waals surface area contributed by atoms with Crippen LogP contribution in [0.4, 0.5) is 0 Å². The van der Waals surface area contributed by atoms with E-state index in [1.54, 1.807) is 0 Å². The highest BCUT2D eigenvalue weighted by Gasteiger charge is 2.27. The minimum atomic E-state index is -0.252. The predicted molar refractivity (Wildman–Crippen MR) is 119 cm³/mol. The smallest absolute Gasteiger partial charge is 0.306 e. The van der Waals surface area contributed by atoms with Gasteiger partial charge in [0.05, 0.1) is 0 Å². The molecule has 3 heteroatoms. The van der Waals surface area contributed by atoms with Crippen LogP contribution >= 0.6 is 0 Å². The van der Waals surface area contributed by atoms with Crippen LogP contribution in [0.3, 0.4) is 0 Å². The highest BCUT2D eigenvalue weighted by molar-refractivity contribution is 5.98. The van der Waals surface area contributed by atoms with Gasteiger partial charge >= 0.3 is 5.97 Å². The van der Waals surface area contributed by atoms with E-state index in [0.29, 0.717) is 19.3 Å². The molecule has 1 aliphatic rings. The van der Waals surface area contributed by atoms with Crippen molar-refractivity contribution in [2.24, 2.45) is 0 Å². The third-order valence-corrected chi connectivity index (χ3v) is 6.00. The summed E-state index contributed by atoms with van der Waals surface area (Å²) in [6.07, 6.45) is 18.2. The van der Waals surface area contributed by atoms with Gasteiger partial charge in [0.2, 0.25) is 0 Å². The molecule has 0 aromatic heterocycles. The van der Waals surface area contributed by atoms with Gasteiger partial charge in [0.1, 0.15) is 6.10 Å². The van der Waals surface area contributed by atoms with Crippen molar-refractivity contribution in [1.29, 1.82) is 0 Å². The Morgan fingerprint density at radius 1 is 0.862 bits per heavy atom. The molecule has 0 radical (unpaired) electrons. The maximum Gasteiger partial charge on any atom is 0.306 e. The van der Waals surface area contributed by atoms with Crippen LogP contribution in [0.25, 0.3) is 0 Å². The van der Waals surface area contributed by atoms with Gasteiger partial charge in [-0.25, -0.2) is 0 Å². The second kappa shape index (κ2) is 14.4.